The molecule has 0 bridgehead atoms. The van der Waals surface area contributed by atoms with Gasteiger partial charge < -0.3 is 19.0 Å². The van der Waals surface area contributed by atoms with Crippen LogP contribution in [0.15, 0.2) is 0 Å². The van der Waals surface area contributed by atoms with Gasteiger partial charge in [0, 0.05) is 11.6 Å². The molecule has 0 aromatic heterocycles. The van der Waals surface area contributed by atoms with Crippen LogP contribution in [0.3, 0.4) is 0 Å². The molecule has 10 heteroatoms. The summed E-state index contributed by atoms with van der Waals surface area (Å²) in [6, 6.07) is -0.314. The number of nitrogens with one attached hydrogen (secondary N) is 1. The van der Waals surface area contributed by atoms with Crippen LogP contribution in [-0.4, -0.2) is 66.4 Å². The van der Waals surface area contributed by atoms with Crippen molar-refractivity contribution in [1.29, 1.82) is 0 Å². The Morgan fingerprint density at radius 1 is 1.30 bits per heavy atom. The Morgan fingerprint density at radius 2 is 2.00 bits per heavy atom. The number of esters is 1. The molecule has 0 spiro atoms. The fourth-order valence-corrected chi connectivity index (χ4v) is 3.44. The molecule has 1 N–H and O–H groups in total. The number of fused-ring (bicyclic) bond motifs is 1. The summed E-state index contributed by atoms with van der Waals surface area (Å²) in [5, 5.41) is 12.5. The highest BCUT2D eigenvalue weighted by Gasteiger charge is 2.51. The van der Waals surface area contributed by atoms with Crippen molar-refractivity contribution in [3.63, 3.8) is 0 Å². The monoisotopic (exact) mass is 306 g/mol. The van der Waals surface area contributed by atoms with Crippen LogP contribution < -0.4 is 5.32 Å². The Hall–Kier alpha value is -1.10. The maximum Gasteiger partial charge on any atom is 0.324 e. The fourth-order valence-electron chi connectivity index (χ4n) is 2.51. The van der Waals surface area contributed by atoms with Crippen molar-refractivity contribution < 1.29 is 28.9 Å². The average molecular weight is 306 g/mol. The molecule has 112 valence electrons. The standard InChI is InChI=1S/C10H14N2O7S/c13-10(5-3-20-4-11-5)18-6-1-16-9-7(19-12(14)15)2-17-8(6)9/h5-9,11H,1-4H2/t5-,6+,7-,8+,9+/m0/s1. The second-order valence-corrected chi connectivity index (χ2v) is 5.74. The number of nitrogens with zero attached hydrogens (tertiary/aromatic N) is 1. The van der Waals surface area contributed by atoms with Gasteiger partial charge in [0.2, 0.25) is 0 Å². The summed E-state index contributed by atoms with van der Waals surface area (Å²) in [6.45, 7) is 0.223. The molecule has 3 saturated heterocycles. The van der Waals surface area contributed by atoms with Crippen molar-refractivity contribution in [2.45, 2.75) is 30.5 Å². The van der Waals surface area contributed by atoms with Crippen LogP contribution in [0.5, 0.6) is 0 Å². The van der Waals surface area contributed by atoms with Crippen LogP contribution in [0.1, 0.15) is 0 Å². The minimum absolute atomic E-state index is 0.0574. The van der Waals surface area contributed by atoms with Crippen LogP contribution >= 0.6 is 11.8 Å². The highest BCUT2D eigenvalue weighted by atomic mass is 32.2. The summed E-state index contributed by atoms with van der Waals surface area (Å²) < 4.78 is 16.2. The lowest BCUT2D eigenvalue weighted by Crippen LogP contribution is -2.41. The average Bonchev–Trinajstić information content (AvgIpc) is 3.09. The van der Waals surface area contributed by atoms with Crippen molar-refractivity contribution in [3.8, 4) is 0 Å². The van der Waals surface area contributed by atoms with E-state index in [0.29, 0.717) is 5.75 Å². The lowest BCUT2D eigenvalue weighted by atomic mass is 10.1. The Kier molecular flexibility index (Phi) is 3.96. The molecule has 0 radical (unpaired) electrons. The molecule has 0 saturated carbocycles. The molecule has 3 aliphatic rings. The lowest BCUT2D eigenvalue weighted by molar-refractivity contribution is -0.769. The zero-order valence-corrected chi connectivity index (χ0v) is 11.2. The predicted molar refractivity (Wildman–Crippen MR) is 65.5 cm³/mol. The normalized spacial score (nSPS) is 39.5. The van der Waals surface area contributed by atoms with Crippen LogP contribution in [0.25, 0.3) is 0 Å². The second kappa shape index (κ2) is 5.72. The predicted octanol–water partition coefficient (Wildman–Crippen LogP) is -1.06. The van der Waals surface area contributed by atoms with Gasteiger partial charge in [-0.1, -0.05) is 0 Å². The Labute approximate surface area is 118 Å². The number of carbonyl (C=O) groups excluding carboxylic acids is 1. The Balaban J connectivity index is 1.55. The summed E-state index contributed by atoms with van der Waals surface area (Å²) in [7, 11) is 0. The Bertz CT molecular complexity index is 403. The molecule has 3 aliphatic heterocycles. The van der Waals surface area contributed by atoms with Crippen molar-refractivity contribution in [1.82, 2.24) is 5.32 Å². The van der Waals surface area contributed by atoms with E-state index in [2.05, 4.69) is 10.2 Å². The number of thioether (sulfide) groups is 1. The minimum Gasteiger partial charge on any atom is -0.456 e. The van der Waals surface area contributed by atoms with Gasteiger partial charge in [0.15, 0.2) is 12.2 Å². The third kappa shape index (κ3) is 2.68. The molecule has 0 aliphatic carbocycles. The third-order valence-corrected chi connectivity index (χ3v) is 4.39. The summed E-state index contributed by atoms with van der Waals surface area (Å²) >= 11 is 1.63. The van der Waals surface area contributed by atoms with Crippen LogP contribution in [-0.2, 0) is 23.8 Å². The smallest absolute Gasteiger partial charge is 0.324 e. The van der Waals surface area contributed by atoms with Gasteiger partial charge in [0.05, 0.1) is 13.2 Å². The highest BCUT2D eigenvalue weighted by molar-refractivity contribution is 7.99. The molecule has 9 nitrogen and oxygen atoms in total. The van der Waals surface area contributed by atoms with Crippen molar-refractivity contribution in [2.24, 2.45) is 0 Å². The third-order valence-electron chi connectivity index (χ3n) is 3.45. The van der Waals surface area contributed by atoms with Gasteiger partial charge in [-0.25, -0.2) is 0 Å². The lowest BCUT2D eigenvalue weighted by Gasteiger charge is -2.18. The first-order chi connectivity index (χ1) is 9.65. The minimum atomic E-state index is -0.862. The summed E-state index contributed by atoms with van der Waals surface area (Å²) in [5.74, 6) is 1.06. The number of carbonyl (C=O) groups is 1. The van der Waals surface area contributed by atoms with Crippen molar-refractivity contribution in [3.05, 3.63) is 10.1 Å². The summed E-state index contributed by atoms with van der Waals surface area (Å²) in [4.78, 5) is 26.7. The number of ether oxygens (including phenoxy) is 3. The molecule has 0 aromatic carbocycles. The van der Waals surface area contributed by atoms with Crippen molar-refractivity contribution >= 4 is 17.7 Å². The first-order valence-corrected chi connectivity index (χ1v) is 7.36. The number of hydrogen-bond acceptors (Lipinski definition) is 9. The maximum absolute atomic E-state index is 11.9. The van der Waals surface area contributed by atoms with E-state index in [9.17, 15) is 14.9 Å². The van der Waals surface area contributed by atoms with Gasteiger partial charge in [-0.3, -0.25) is 10.1 Å². The molecule has 3 fully saturated rings. The molecule has 5 atom stereocenters. The zero-order valence-electron chi connectivity index (χ0n) is 10.4. The van der Waals surface area contributed by atoms with Gasteiger partial charge in [0.25, 0.3) is 5.09 Å². The van der Waals surface area contributed by atoms with Crippen molar-refractivity contribution in [2.75, 3.05) is 24.8 Å². The van der Waals surface area contributed by atoms with Crippen LogP contribution in [0.2, 0.25) is 0 Å². The Morgan fingerprint density at radius 3 is 2.65 bits per heavy atom. The SMILES string of the molecule is O=C(O[C@@H]1CO[C@H]2[C@@H]1OC[C@@H]2O[N+](=O)[O-])[C@@H]1CSCN1. The van der Waals surface area contributed by atoms with E-state index in [0.717, 1.165) is 5.88 Å². The second-order valence-electron chi connectivity index (χ2n) is 4.71. The van der Waals surface area contributed by atoms with E-state index in [1.165, 1.54) is 0 Å². The van der Waals surface area contributed by atoms with E-state index < -0.39 is 29.5 Å². The molecule has 0 amide bonds. The molecule has 20 heavy (non-hydrogen) atoms. The van der Waals surface area contributed by atoms with Crippen LogP contribution in [0.4, 0.5) is 0 Å². The van der Waals surface area contributed by atoms with E-state index >= 15 is 0 Å². The molecule has 0 unspecified atom stereocenters. The number of rotatable bonds is 4. The number of hydrogen-bond donors (Lipinski definition) is 1. The molecule has 0 aromatic rings. The van der Waals surface area contributed by atoms with E-state index in [4.69, 9.17) is 14.2 Å². The van der Waals surface area contributed by atoms with Gasteiger partial charge in [-0.2, -0.15) is 0 Å². The molecular weight excluding hydrogens is 292 g/mol. The van der Waals surface area contributed by atoms with E-state index in [-0.39, 0.29) is 25.2 Å². The highest BCUT2D eigenvalue weighted by Crippen LogP contribution is 2.31. The first-order valence-electron chi connectivity index (χ1n) is 6.21. The van der Waals surface area contributed by atoms with E-state index in [1.54, 1.807) is 11.8 Å². The summed E-state index contributed by atoms with van der Waals surface area (Å²) in [6.07, 6.45) is -2.37. The largest absolute Gasteiger partial charge is 0.456 e. The van der Waals surface area contributed by atoms with E-state index in [1.807, 2.05) is 0 Å². The fraction of sp³-hybridized carbons (Fsp3) is 0.900. The molecule has 3 heterocycles. The molecule has 3 rings (SSSR count). The molecular formula is C10H14N2O7S. The van der Waals surface area contributed by atoms with Gasteiger partial charge in [-0.15, -0.1) is 21.9 Å². The van der Waals surface area contributed by atoms with Gasteiger partial charge in [-0.05, 0) is 0 Å². The topological polar surface area (TPSA) is 109 Å². The quantitative estimate of drug-likeness (QED) is 0.394. The summed E-state index contributed by atoms with van der Waals surface area (Å²) in [5.41, 5.74) is 0. The van der Waals surface area contributed by atoms with Gasteiger partial charge in [0.1, 0.15) is 18.2 Å². The maximum atomic E-state index is 11.9. The zero-order chi connectivity index (χ0) is 14.1. The first kappa shape index (κ1) is 13.9. The van der Waals surface area contributed by atoms with Crippen LogP contribution in [0, 0.1) is 10.1 Å². The van der Waals surface area contributed by atoms with Gasteiger partial charge >= 0.3 is 5.97 Å².